The van der Waals surface area contributed by atoms with Crippen LogP contribution in [0.4, 0.5) is 8.78 Å². The van der Waals surface area contributed by atoms with Crippen LogP contribution >= 0.6 is 11.8 Å². The number of rotatable bonds is 4. The van der Waals surface area contributed by atoms with E-state index < -0.39 is 23.0 Å². The third-order valence-electron chi connectivity index (χ3n) is 3.25. The number of pyridine rings is 1. The maximum Gasteiger partial charge on any atom is 0.344 e. The first-order chi connectivity index (χ1) is 10.5. The molecule has 0 unspecified atom stereocenters. The van der Waals surface area contributed by atoms with Gasteiger partial charge in [-0.2, -0.15) is 0 Å². The standard InChI is InChI=1S/C15H15F2NO3S/c1-4-18-11-7-10(17)9(16)6-8(11)13(19)12(14(18)22-3)15(20)21-5-2/h6-7H,4-5H2,1-3H3. The molecule has 0 saturated carbocycles. The van der Waals surface area contributed by atoms with Crippen LogP contribution in [-0.2, 0) is 11.3 Å². The second-order valence-electron chi connectivity index (χ2n) is 4.46. The molecule has 4 nitrogen and oxygen atoms in total. The zero-order chi connectivity index (χ0) is 16.4. The average molecular weight is 327 g/mol. The number of fused-ring (bicyclic) bond motifs is 1. The molecule has 0 N–H and O–H groups in total. The molecule has 0 aliphatic carbocycles. The fraction of sp³-hybridized carbons (Fsp3) is 0.333. The Hall–Kier alpha value is -1.89. The van der Waals surface area contributed by atoms with E-state index in [0.29, 0.717) is 11.6 Å². The van der Waals surface area contributed by atoms with Gasteiger partial charge >= 0.3 is 5.97 Å². The lowest BCUT2D eigenvalue weighted by Gasteiger charge is -2.17. The molecule has 118 valence electrons. The highest BCUT2D eigenvalue weighted by Crippen LogP contribution is 2.26. The lowest BCUT2D eigenvalue weighted by molar-refractivity contribution is 0.0519. The van der Waals surface area contributed by atoms with Crippen molar-refractivity contribution < 1.29 is 18.3 Å². The highest BCUT2D eigenvalue weighted by atomic mass is 32.2. The van der Waals surface area contributed by atoms with Gasteiger partial charge in [0, 0.05) is 18.0 Å². The third kappa shape index (κ3) is 2.61. The smallest absolute Gasteiger partial charge is 0.344 e. The molecule has 1 heterocycles. The van der Waals surface area contributed by atoms with Crippen LogP contribution in [0.15, 0.2) is 22.0 Å². The van der Waals surface area contributed by atoms with Gasteiger partial charge in [-0.3, -0.25) is 4.79 Å². The van der Waals surface area contributed by atoms with Crippen molar-refractivity contribution in [1.82, 2.24) is 4.57 Å². The number of hydrogen-bond acceptors (Lipinski definition) is 4. The fourth-order valence-electron chi connectivity index (χ4n) is 2.33. The normalized spacial score (nSPS) is 11.0. The molecule has 0 bridgehead atoms. The zero-order valence-corrected chi connectivity index (χ0v) is 13.2. The molecule has 7 heteroatoms. The Kier molecular flexibility index (Phi) is 4.85. The van der Waals surface area contributed by atoms with Crippen LogP contribution < -0.4 is 5.43 Å². The molecule has 2 rings (SSSR count). The number of benzene rings is 1. The van der Waals surface area contributed by atoms with Crippen LogP contribution in [0.25, 0.3) is 10.9 Å². The number of thioether (sulfide) groups is 1. The summed E-state index contributed by atoms with van der Waals surface area (Å²) in [5.41, 5.74) is -0.542. The van der Waals surface area contributed by atoms with Crippen LogP contribution in [-0.4, -0.2) is 23.4 Å². The monoisotopic (exact) mass is 327 g/mol. The summed E-state index contributed by atoms with van der Waals surface area (Å²) >= 11 is 1.19. The largest absolute Gasteiger partial charge is 0.462 e. The molecule has 2 aromatic rings. The van der Waals surface area contributed by atoms with E-state index in [-0.39, 0.29) is 23.1 Å². The molecule has 0 saturated heterocycles. The molecular weight excluding hydrogens is 312 g/mol. The van der Waals surface area contributed by atoms with Gasteiger partial charge in [0.2, 0.25) is 5.43 Å². The van der Waals surface area contributed by atoms with E-state index in [1.54, 1.807) is 24.7 Å². The van der Waals surface area contributed by atoms with Crippen LogP contribution in [0.3, 0.4) is 0 Å². The van der Waals surface area contributed by atoms with Gasteiger partial charge in [0.15, 0.2) is 11.6 Å². The molecule has 1 aromatic carbocycles. The predicted molar refractivity (Wildman–Crippen MR) is 81.5 cm³/mol. The quantitative estimate of drug-likeness (QED) is 0.639. The number of aromatic nitrogens is 1. The maximum atomic E-state index is 13.5. The Morgan fingerprint density at radius 3 is 2.45 bits per heavy atom. The molecule has 0 amide bonds. The first-order valence-corrected chi connectivity index (χ1v) is 7.95. The van der Waals surface area contributed by atoms with Crippen molar-refractivity contribution in [2.24, 2.45) is 0 Å². The molecule has 0 fully saturated rings. The van der Waals surface area contributed by atoms with E-state index >= 15 is 0 Å². The Balaban J connectivity index is 2.97. The van der Waals surface area contributed by atoms with Crippen molar-refractivity contribution in [2.75, 3.05) is 12.9 Å². The molecule has 1 aromatic heterocycles. The van der Waals surface area contributed by atoms with E-state index in [9.17, 15) is 18.4 Å². The lowest BCUT2D eigenvalue weighted by atomic mass is 10.1. The number of hydrogen-bond donors (Lipinski definition) is 0. The molecule has 0 aliphatic heterocycles. The van der Waals surface area contributed by atoms with Gasteiger partial charge in [-0.15, -0.1) is 11.8 Å². The molecule has 22 heavy (non-hydrogen) atoms. The van der Waals surface area contributed by atoms with Crippen molar-refractivity contribution >= 4 is 28.6 Å². The number of halogens is 2. The Morgan fingerprint density at radius 2 is 1.91 bits per heavy atom. The van der Waals surface area contributed by atoms with E-state index in [2.05, 4.69) is 0 Å². The number of carbonyl (C=O) groups excluding carboxylic acids is 1. The highest BCUT2D eigenvalue weighted by molar-refractivity contribution is 7.98. The Morgan fingerprint density at radius 1 is 1.27 bits per heavy atom. The first-order valence-electron chi connectivity index (χ1n) is 6.72. The van der Waals surface area contributed by atoms with Gasteiger partial charge < -0.3 is 9.30 Å². The molecule has 0 radical (unpaired) electrons. The number of nitrogens with zero attached hydrogens (tertiary/aromatic N) is 1. The SMILES string of the molecule is CCOC(=O)c1c(SC)n(CC)c2cc(F)c(F)cc2c1=O. The van der Waals surface area contributed by atoms with Crippen LogP contribution in [0.2, 0.25) is 0 Å². The zero-order valence-electron chi connectivity index (χ0n) is 12.4. The first kappa shape index (κ1) is 16.5. The van der Waals surface area contributed by atoms with Crippen molar-refractivity contribution in [3.8, 4) is 0 Å². The van der Waals surface area contributed by atoms with Crippen molar-refractivity contribution in [1.29, 1.82) is 0 Å². The van der Waals surface area contributed by atoms with Gasteiger partial charge in [-0.1, -0.05) is 0 Å². The Labute approximate surface area is 130 Å². The number of carbonyl (C=O) groups is 1. The second-order valence-corrected chi connectivity index (χ2v) is 5.26. The van der Waals surface area contributed by atoms with Gasteiger partial charge in [0.25, 0.3) is 0 Å². The van der Waals surface area contributed by atoms with Crippen molar-refractivity contribution in [3.63, 3.8) is 0 Å². The second kappa shape index (κ2) is 6.48. The molecule has 0 spiro atoms. The van der Waals surface area contributed by atoms with Crippen LogP contribution in [0.5, 0.6) is 0 Å². The van der Waals surface area contributed by atoms with Gasteiger partial charge in [0.1, 0.15) is 5.56 Å². The third-order valence-corrected chi connectivity index (χ3v) is 4.06. The average Bonchev–Trinajstić information content (AvgIpc) is 2.49. The summed E-state index contributed by atoms with van der Waals surface area (Å²) in [6, 6.07) is 1.80. The molecule has 0 atom stereocenters. The van der Waals surface area contributed by atoms with Gasteiger partial charge in [0.05, 0.1) is 17.1 Å². The van der Waals surface area contributed by atoms with Crippen LogP contribution in [0, 0.1) is 11.6 Å². The minimum atomic E-state index is -1.13. The number of esters is 1. The summed E-state index contributed by atoms with van der Waals surface area (Å²) in [6.45, 7) is 3.93. The van der Waals surface area contributed by atoms with Crippen LogP contribution in [0.1, 0.15) is 24.2 Å². The van der Waals surface area contributed by atoms with E-state index in [1.165, 1.54) is 11.8 Å². The summed E-state index contributed by atoms with van der Waals surface area (Å²) in [7, 11) is 0. The summed E-state index contributed by atoms with van der Waals surface area (Å²) in [6.07, 6.45) is 1.70. The minimum absolute atomic E-state index is 0.0402. The minimum Gasteiger partial charge on any atom is -0.462 e. The van der Waals surface area contributed by atoms with Crippen molar-refractivity contribution in [3.05, 3.63) is 39.6 Å². The summed E-state index contributed by atoms with van der Waals surface area (Å²) < 4.78 is 33.5. The fourth-order valence-corrected chi connectivity index (χ4v) is 3.16. The van der Waals surface area contributed by atoms with Gasteiger partial charge in [-0.25, -0.2) is 13.6 Å². The highest BCUT2D eigenvalue weighted by Gasteiger charge is 2.23. The predicted octanol–water partition coefficient (Wildman–Crippen LogP) is 3.20. The number of ether oxygens (including phenoxy) is 1. The number of aryl methyl sites for hydroxylation is 1. The Bertz CT molecular complexity index is 802. The lowest BCUT2D eigenvalue weighted by Crippen LogP contribution is -2.23. The molecule has 0 aliphatic rings. The van der Waals surface area contributed by atoms with Crippen molar-refractivity contribution in [2.45, 2.75) is 25.4 Å². The van der Waals surface area contributed by atoms with E-state index in [1.807, 2.05) is 0 Å². The van der Waals surface area contributed by atoms with Gasteiger partial charge in [-0.05, 0) is 26.2 Å². The molecular formula is C15H15F2NO3S. The summed E-state index contributed by atoms with van der Waals surface area (Å²) in [4.78, 5) is 24.6. The summed E-state index contributed by atoms with van der Waals surface area (Å²) in [5, 5.41) is 0.339. The summed E-state index contributed by atoms with van der Waals surface area (Å²) in [5.74, 6) is -2.92. The maximum absolute atomic E-state index is 13.5. The van der Waals surface area contributed by atoms with E-state index in [0.717, 1.165) is 12.1 Å². The topological polar surface area (TPSA) is 48.3 Å². The van der Waals surface area contributed by atoms with E-state index in [4.69, 9.17) is 4.74 Å².